The van der Waals surface area contributed by atoms with Crippen LogP contribution in [0.25, 0.3) is 0 Å². The molecule has 0 aliphatic heterocycles. The van der Waals surface area contributed by atoms with E-state index in [4.69, 9.17) is 0 Å². The highest BCUT2D eigenvalue weighted by Crippen LogP contribution is 2.14. The highest BCUT2D eigenvalue weighted by Gasteiger charge is 2.08. The average molecular weight is 256 g/mol. The fraction of sp³-hybridized carbons (Fsp3) is 0.692. The second kappa shape index (κ2) is 7.82. The van der Waals surface area contributed by atoms with Gasteiger partial charge < -0.3 is 15.3 Å². The van der Waals surface area contributed by atoms with Crippen LogP contribution in [0.3, 0.4) is 0 Å². The van der Waals surface area contributed by atoms with Gasteiger partial charge >= 0.3 is 0 Å². The topological polar surface area (TPSA) is 35.5 Å². The molecular weight excluding hydrogens is 232 g/mol. The van der Waals surface area contributed by atoms with Gasteiger partial charge in [-0.05, 0) is 37.0 Å². The van der Waals surface area contributed by atoms with Crippen LogP contribution in [-0.2, 0) is 6.54 Å². The quantitative estimate of drug-likeness (QED) is 0.745. The number of nitrogens with one attached hydrogen (secondary N) is 1. The molecule has 0 radical (unpaired) electrons. The molecule has 3 nitrogen and oxygen atoms in total. The van der Waals surface area contributed by atoms with Crippen LogP contribution in [0.15, 0.2) is 11.4 Å². The van der Waals surface area contributed by atoms with Gasteiger partial charge in [-0.2, -0.15) is 0 Å². The van der Waals surface area contributed by atoms with Crippen LogP contribution >= 0.6 is 11.3 Å². The van der Waals surface area contributed by atoms with Crippen LogP contribution in [-0.4, -0.2) is 42.3 Å². The van der Waals surface area contributed by atoms with Crippen molar-refractivity contribution >= 4 is 11.3 Å². The van der Waals surface area contributed by atoms with Gasteiger partial charge in [0.05, 0.1) is 6.10 Å². The first-order valence-electron chi connectivity index (χ1n) is 6.31. The van der Waals surface area contributed by atoms with Crippen molar-refractivity contribution in [2.45, 2.75) is 33.4 Å². The van der Waals surface area contributed by atoms with E-state index in [1.54, 1.807) is 11.3 Å². The number of aryl methyl sites for hydroxylation is 1. The van der Waals surface area contributed by atoms with Crippen molar-refractivity contribution in [1.29, 1.82) is 0 Å². The summed E-state index contributed by atoms with van der Waals surface area (Å²) in [5, 5.41) is 15.3. The van der Waals surface area contributed by atoms with E-state index >= 15 is 0 Å². The van der Waals surface area contributed by atoms with E-state index in [1.165, 1.54) is 10.4 Å². The molecule has 1 aromatic rings. The molecule has 0 saturated heterocycles. The lowest BCUT2D eigenvalue weighted by Gasteiger charge is -2.22. The van der Waals surface area contributed by atoms with Crippen molar-refractivity contribution in [3.05, 3.63) is 21.9 Å². The predicted octanol–water partition coefficient (Wildman–Crippen LogP) is 1.85. The number of hydrogen-bond acceptors (Lipinski definition) is 4. The molecule has 4 heteroatoms. The Balaban J connectivity index is 2.20. The highest BCUT2D eigenvalue weighted by atomic mass is 32.1. The standard InChI is InChI=1S/C13H24N2OS/c1-4-15(5-2)10-12(16)8-14-9-13-11(3)6-7-17-13/h6-7,12,14,16H,4-5,8-10H2,1-3H3. The summed E-state index contributed by atoms with van der Waals surface area (Å²) in [5.41, 5.74) is 1.33. The monoisotopic (exact) mass is 256 g/mol. The van der Waals surface area contributed by atoms with E-state index in [0.29, 0.717) is 6.54 Å². The van der Waals surface area contributed by atoms with E-state index in [1.807, 2.05) is 0 Å². The molecule has 0 spiro atoms. The zero-order valence-corrected chi connectivity index (χ0v) is 11.9. The van der Waals surface area contributed by atoms with Crippen LogP contribution in [0, 0.1) is 6.92 Å². The van der Waals surface area contributed by atoms with E-state index in [9.17, 15) is 5.11 Å². The zero-order chi connectivity index (χ0) is 12.7. The third-order valence-corrected chi connectivity index (χ3v) is 4.02. The summed E-state index contributed by atoms with van der Waals surface area (Å²) in [6, 6.07) is 2.13. The Kier molecular flexibility index (Phi) is 6.73. The maximum Gasteiger partial charge on any atom is 0.0791 e. The maximum absolute atomic E-state index is 9.88. The Morgan fingerprint density at radius 2 is 2.12 bits per heavy atom. The summed E-state index contributed by atoms with van der Waals surface area (Å²) in [6.07, 6.45) is -0.282. The molecule has 0 aliphatic rings. The Bertz CT molecular complexity index is 310. The molecule has 0 saturated carbocycles. The van der Waals surface area contributed by atoms with Crippen LogP contribution in [0.5, 0.6) is 0 Å². The molecule has 0 aromatic carbocycles. The minimum atomic E-state index is -0.282. The molecule has 98 valence electrons. The van der Waals surface area contributed by atoms with Crippen LogP contribution in [0.2, 0.25) is 0 Å². The van der Waals surface area contributed by atoms with E-state index in [0.717, 1.165) is 26.2 Å². The molecule has 1 rings (SSSR count). The second-order valence-electron chi connectivity index (χ2n) is 4.30. The van der Waals surface area contributed by atoms with Crippen molar-refractivity contribution in [3.63, 3.8) is 0 Å². The molecule has 2 N–H and O–H groups in total. The minimum absolute atomic E-state index is 0.282. The van der Waals surface area contributed by atoms with Gasteiger partial charge in [0.25, 0.3) is 0 Å². The number of rotatable bonds is 8. The number of aliphatic hydroxyl groups excluding tert-OH is 1. The number of nitrogens with zero attached hydrogens (tertiary/aromatic N) is 1. The lowest BCUT2D eigenvalue weighted by atomic mass is 10.2. The van der Waals surface area contributed by atoms with Crippen molar-refractivity contribution in [2.24, 2.45) is 0 Å². The molecule has 1 unspecified atom stereocenters. The Morgan fingerprint density at radius 1 is 1.41 bits per heavy atom. The van der Waals surface area contributed by atoms with Crippen LogP contribution in [0.1, 0.15) is 24.3 Å². The van der Waals surface area contributed by atoms with Crippen LogP contribution < -0.4 is 5.32 Å². The van der Waals surface area contributed by atoms with E-state index < -0.39 is 0 Å². The summed E-state index contributed by atoms with van der Waals surface area (Å²) in [6.45, 7) is 10.6. The molecule has 0 aliphatic carbocycles. The molecule has 1 heterocycles. The van der Waals surface area contributed by atoms with Crippen molar-refractivity contribution in [1.82, 2.24) is 10.2 Å². The predicted molar refractivity (Wildman–Crippen MR) is 74.6 cm³/mol. The van der Waals surface area contributed by atoms with Gasteiger partial charge in [0.2, 0.25) is 0 Å². The highest BCUT2D eigenvalue weighted by molar-refractivity contribution is 7.10. The number of likely N-dealkylation sites (N-methyl/N-ethyl adjacent to an activating group) is 1. The third kappa shape index (κ3) is 5.17. The Labute approximate surface area is 108 Å². The lowest BCUT2D eigenvalue weighted by Crippen LogP contribution is -2.38. The number of aliphatic hydroxyl groups is 1. The molecule has 17 heavy (non-hydrogen) atoms. The summed E-state index contributed by atoms with van der Waals surface area (Å²) in [5.74, 6) is 0. The fourth-order valence-electron chi connectivity index (χ4n) is 1.78. The Morgan fingerprint density at radius 3 is 2.65 bits per heavy atom. The molecule has 0 bridgehead atoms. The molecule has 1 aromatic heterocycles. The molecule has 0 fully saturated rings. The molecule has 1 atom stereocenters. The number of thiophene rings is 1. The summed E-state index contributed by atoms with van der Waals surface area (Å²) >= 11 is 1.77. The normalized spacial score (nSPS) is 13.2. The second-order valence-corrected chi connectivity index (χ2v) is 5.30. The zero-order valence-electron chi connectivity index (χ0n) is 11.1. The third-order valence-electron chi connectivity index (χ3n) is 3.00. The smallest absolute Gasteiger partial charge is 0.0791 e. The molecular formula is C13H24N2OS. The fourth-order valence-corrected chi connectivity index (χ4v) is 2.66. The first kappa shape index (κ1) is 14.6. The van der Waals surface area contributed by atoms with Crippen molar-refractivity contribution in [3.8, 4) is 0 Å². The van der Waals surface area contributed by atoms with Gasteiger partial charge in [0, 0.05) is 24.5 Å². The SMILES string of the molecule is CCN(CC)CC(O)CNCc1sccc1C. The van der Waals surface area contributed by atoms with Gasteiger partial charge in [-0.3, -0.25) is 0 Å². The van der Waals surface area contributed by atoms with E-state index in [2.05, 4.69) is 42.4 Å². The first-order valence-corrected chi connectivity index (χ1v) is 7.19. The van der Waals surface area contributed by atoms with Gasteiger partial charge in [0.1, 0.15) is 0 Å². The van der Waals surface area contributed by atoms with Crippen molar-refractivity contribution in [2.75, 3.05) is 26.2 Å². The van der Waals surface area contributed by atoms with Gasteiger partial charge in [-0.25, -0.2) is 0 Å². The van der Waals surface area contributed by atoms with Crippen molar-refractivity contribution < 1.29 is 5.11 Å². The Hall–Kier alpha value is -0.420. The van der Waals surface area contributed by atoms with Gasteiger partial charge in [-0.15, -0.1) is 11.3 Å². The lowest BCUT2D eigenvalue weighted by molar-refractivity contribution is 0.116. The van der Waals surface area contributed by atoms with Gasteiger partial charge in [0.15, 0.2) is 0 Å². The minimum Gasteiger partial charge on any atom is -0.390 e. The van der Waals surface area contributed by atoms with Gasteiger partial charge in [-0.1, -0.05) is 13.8 Å². The average Bonchev–Trinajstić information content (AvgIpc) is 2.72. The van der Waals surface area contributed by atoms with E-state index in [-0.39, 0.29) is 6.10 Å². The maximum atomic E-state index is 9.88. The number of hydrogen-bond donors (Lipinski definition) is 2. The summed E-state index contributed by atoms with van der Waals surface area (Å²) in [7, 11) is 0. The van der Waals surface area contributed by atoms with Crippen LogP contribution in [0.4, 0.5) is 0 Å². The first-order chi connectivity index (χ1) is 8.17. The molecule has 0 amide bonds. The summed E-state index contributed by atoms with van der Waals surface area (Å²) in [4.78, 5) is 3.60. The largest absolute Gasteiger partial charge is 0.390 e. The summed E-state index contributed by atoms with van der Waals surface area (Å²) < 4.78 is 0.